The summed E-state index contributed by atoms with van der Waals surface area (Å²) >= 11 is 7.34. The molecule has 106 valence electrons. The van der Waals surface area contributed by atoms with E-state index in [0.29, 0.717) is 3.57 Å². The molecule has 0 amide bonds. The zero-order valence-corrected chi connectivity index (χ0v) is 12.5. The molecule has 1 aromatic rings. The van der Waals surface area contributed by atoms with E-state index in [1.165, 1.54) is 13.1 Å². The van der Waals surface area contributed by atoms with Gasteiger partial charge in [0, 0.05) is 15.3 Å². The van der Waals surface area contributed by atoms with E-state index in [-0.39, 0.29) is 18.1 Å². The molecule has 4 nitrogen and oxygen atoms in total. The maximum atomic E-state index is 12.4. The first-order valence-electron chi connectivity index (χ1n) is 4.96. The fraction of sp³-hybridized carbons (Fsp3) is 0.400. The topological polar surface area (TPSA) is 48.4 Å². The van der Waals surface area contributed by atoms with Crippen LogP contribution in [0, 0.1) is 3.57 Å². The third-order valence-electron chi connectivity index (χ3n) is 1.90. The highest BCUT2D eigenvalue weighted by atomic mass is 127. The lowest BCUT2D eigenvalue weighted by Crippen LogP contribution is -2.22. The van der Waals surface area contributed by atoms with Crippen LogP contribution in [0.5, 0.6) is 5.75 Å². The Hall–Kier alpha value is -0.770. The number of carbonyl (C=O) groups excluding carboxylic acids is 1. The third kappa shape index (κ3) is 4.37. The normalized spacial score (nSPS) is 11.3. The van der Waals surface area contributed by atoms with Gasteiger partial charge in [-0.2, -0.15) is 0 Å². The standard InChI is InChI=1S/C10H8ClF3INO3/c1-2-18-9(17)7-8(19-10(12,13)14)5(3-11)6(15)4-16-7/h4H,2-3H2,1H3. The van der Waals surface area contributed by atoms with Crippen LogP contribution in [0.25, 0.3) is 0 Å². The fourth-order valence-corrected chi connectivity index (χ4v) is 2.27. The van der Waals surface area contributed by atoms with Crippen LogP contribution < -0.4 is 4.74 Å². The highest BCUT2D eigenvalue weighted by molar-refractivity contribution is 14.1. The van der Waals surface area contributed by atoms with Crippen LogP contribution in [0.4, 0.5) is 13.2 Å². The number of rotatable bonds is 4. The molecule has 1 aromatic heterocycles. The zero-order chi connectivity index (χ0) is 14.6. The lowest BCUT2D eigenvalue weighted by atomic mass is 10.2. The number of alkyl halides is 4. The highest BCUT2D eigenvalue weighted by Gasteiger charge is 2.35. The Kier molecular flexibility index (Phi) is 5.65. The lowest BCUT2D eigenvalue weighted by Gasteiger charge is -2.15. The van der Waals surface area contributed by atoms with Crippen LogP contribution in [0.1, 0.15) is 23.0 Å². The molecule has 0 aliphatic carbocycles. The van der Waals surface area contributed by atoms with E-state index >= 15 is 0 Å². The second-order valence-corrected chi connectivity index (χ2v) is 4.59. The average Bonchev–Trinajstić information content (AvgIpc) is 2.27. The Morgan fingerprint density at radius 3 is 2.63 bits per heavy atom. The van der Waals surface area contributed by atoms with Gasteiger partial charge in [-0.1, -0.05) is 0 Å². The number of halogens is 5. The fourth-order valence-electron chi connectivity index (χ4n) is 1.20. The molecule has 0 bridgehead atoms. The van der Waals surface area contributed by atoms with E-state index in [4.69, 9.17) is 11.6 Å². The number of carbonyl (C=O) groups is 1. The van der Waals surface area contributed by atoms with Crippen molar-refractivity contribution in [3.05, 3.63) is 21.0 Å². The summed E-state index contributed by atoms with van der Waals surface area (Å²) in [5.74, 6) is -1.96. The molecule has 0 radical (unpaired) electrons. The lowest BCUT2D eigenvalue weighted by molar-refractivity contribution is -0.275. The molecule has 0 fully saturated rings. The largest absolute Gasteiger partial charge is 0.573 e. The summed E-state index contributed by atoms with van der Waals surface area (Å²) in [6.45, 7) is 1.53. The van der Waals surface area contributed by atoms with E-state index in [1.54, 1.807) is 22.6 Å². The van der Waals surface area contributed by atoms with Gasteiger partial charge in [0.25, 0.3) is 0 Å². The molecular formula is C10H8ClF3INO3. The Bertz CT molecular complexity index is 482. The van der Waals surface area contributed by atoms with Crippen LogP contribution in [0.3, 0.4) is 0 Å². The molecule has 19 heavy (non-hydrogen) atoms. The smallest absolute Gasteiger partial charge is 0.461 e. The molecular weight excluding hydrogens is 401 g/mol. The second-order valence-electron chi connectivity index (χ2n) is 3.16. The van der Waals surface area contributed by atoms with Crippen LogP contribution in [-0.2, 0) is 10.6 Å². The van der Waals surface area contributed by atoms with Gasteiger partial charge < -0.3 is 9.47 Å². The van der Waals surface area contributed by atoms with E-state index in [9.17, 15) is 18.0 Å². The van der Waals surface area contributed by atoms with Gasteiger partial charge in [-0.15, -0.1) is 24.8 Å². The molecule has 0 unspecified atom stereocenters. The van der Waals surface area contributed by atoms with E-state index in [1.807, 2.05) is 0 Å². The molecule has 0 spiro atoms. The maximum Gasteiger partial charge on any atom is 0.573 e. The van der Waals surface area contributed by atoms with Crippen molar-refractivity contribution < 1.29 is 27.4 Å². The van der Waals surface area contributed by atoms with Crippen LogP contribution in [-0.4, -0.2) is 23.9 Å². The first kappa shape index (κ1) is 16.3. The second kappa shape index (κ2) is 6.60. The molecule has 1 heterocycles. The van der Waals surface area contributed by atoms with E-state index < -0.39 is 23.8 Å². The summed E-state index contributed by atoms with van der Waals surface area (Å²) in [6.07, 6.45) is -3.72. The van der Waals surface area contributed by atoms with Crippen molar-refractivity contribution in [2.24, 2.45) is 0 Å². The van der Waals surface area contributed by atoms with Gasteiger partial charge >= 0.3 is 12.3 Å². The molecule has 0 saturated heterocycles. The van der Waals surface area contributed by atoms with Crippen molar-refractivity contribution in [1.29, 1.82) is 0 Å². The Morgan fingerprint density at radius 2 is 2.16 bits per heavy atom. The maximum absolute atomic E-state index is 12.4. The molecule has 0 aliphatic rings. The van der Waals surface area contributed by atoms with Crippen LogP contribution in [0.15, 0.2) is 6.20 Å². The average molecular weight is 410 g/mol. The summed E-state index contributed by atoms with van der Waals surface area (Å²) in [7, 11) is 0. The summed E-state index contributed by atoms with van der Waals surface area (Å²) in [5.41, 5.74) is -0.507. The number of pyridine rings is 1. The van der Waals surface area contributed by atoms with Crippen molar-refractivity contribution in [1.82, 2.24) is 4.98 Å². The monoisotopic (exact) mass is 409 g/mol. The van der Waals surface area contributed by atoms with Crippen molar-refractivity contribution in [2.45, 2.75) is 19.2 Å². The summed E-state index contributed by atoms with van der Waals surface area (Å²) in [4.78, 5) is 15.2. The number of hydrogen-bond donors (Lipinski definition) is 0. The SMILES string of the molecule is CCOC(=O)c1ncc(I)c(CCl)c1OC(F)(F)F. The first-order valence-corrected chi connectivity index (χ1v) is 6.57. The van der Waals surface area contributed by atoms with Gasteiger partial charge in [-0.05, 0) is 29.5 Å². The molecule has 1 rings (SSSR count). The molecule has 9 heteroatoms. The minimum atomic E-state index is -4.95. The van der Waals surface area contributed by atoms with Gasteiger partial charge in [0.15, 0.2) is 11.4 Å². The first-order chi connectivity index (χ1) is 8.80. The highest BCUT2D eigenvalue weighted by Crippen LogP contribution is 2.33. The summed E-state index contributed by atoms with van der Waals surface area (Å²) < 4.78 is 46.0. The van der Waals surface area contributed by atoms with Crippen molar-refractivity contribution in [3.63, 3.8) is 0 Å². The third-order valence-corrected chi connectivity index (χ3v) is 3.10. The van der Waals surface area contributed by atoms with Crippen molar-refractivity contribution in [3.8, 4) is 5.75 Å². The molecule has 0 aromatic carbocycles. The Balaban J connectivity index is 3.34. The summed E-state index contributed by atoms with van der Waals surface area (Å²) in [5, 5.41) is 0. The number of nitrogens with zero attached hydrogens (tertiary/aromatic N) is 1. The van der Waals surface area contributed by atoms with Gasteiger partial charge in [-0.25, -0.2) is 9.78 Å². The number of ether oxygens (including phenoxy) is 2. The van der Waals surface area contributed by atoms with Gasteiger partial charge in [0.05, 0.1) is 12.5 Å². The van der Waals surface area contributed by atoms with Crippen LogP contribution in [0.2, 0.25) is 0 Å². The summed E-state index contributed by atoms with van der Waals surface area (Å²) in [6, 6.07) is 0. The minimum Gasteiger partial charge on any atom is -0.461 e. The Labute approximate surface area is 125 Å². The molecule has 0 aliphatic heterocycles. The number of esters is 1. The van der Waals surface area contributed by atoms with Crippen molar-refractivity contribution in [2.75, 3.05) is 6.61 Å². The predicted octanol–water partition coefficient (Wildman–Crippen LogP) is 3.50. The van der Waals surface area contributed by atoms with Gasteiger partial charge in [0.2, 0.25) is 0 Å². The minimum absolute atomic E-state index is 0.00810. The Morgan fingerprint density at radius 1 is 1.53 bits per heavy atom. The zero-order valence-electron chi connectivity index (χ0n) is 9.55. The van der Waals surface area contributed by atoms with E-state index in [2.05, 4.69) is 14.5 Å². The number of aromatic nitrogens is 1. The molecule has 0 atom stereocenters. The van der Waals surface area contributed by atoms with E-state index in [0.717, 1.165) is 0 Å². The molecule has 0 N–H and O–H groups in total. The van der Waals surface area contributed by atoms with Crippen molar-refractivity contribution >= 4 is 40.2 Å². The number of hydrogen-bond acceptors (Lipinski definition) is 4. The van der Waals surface area contributed by atoms with Crippen LogP contribution >= 0.6 is 34.2 Å². The van der Waals surface area contributed by atoms with Gasteiger partial charge in [0.1, 0.15) is 0 Å². The quantitative estimate of drug-likeness (QED) is 0.434. The molecule has 0 saturated carbocycles. The van der Waals surface area contributed by atoms with Gasteiger partial charge in [-0.3, -0.25) is 0 Å². The predicted molar refractivity (Wildman–Crippen MR) is 69.2 cm³/mol.